The largest absolute Gasteiger partial charge is 0.347 e. The third kappa shape index (κ3) is 6.31. The second kappa shape index (κ2) is 12.5. The first-order valence-electron chi connectivity index (χ1n) is 14.3. The SMILES string of the molecule is CC(=O)NC1(c2ccccc2)CCN(CCC2(c3ccc(Cl)c(Cl)c3)CN(C(=O)c3ccccc3)CCN2C)CC1. The van der Waals surface area contributed by atoms with Crippen LogP contribution in [0, 0.1) is 0 Å². The summed E-state index contributed by atoms with van der Waals surface area (Å²) in [5.74, 6) is 0.0388. The Morgan fingerprint density at radius 1 is 0.829 bits per heavy atom. The van der Waals surface area contributed by atoms with Crippen molar-refractivity contribution in [3.8, 4) is 0 Å². The van der Waals surface area contributed by atoms with Crippen molar-refractivity contribution in [2.45, 2.75) is 37.3 Å². The zero-order valence-electron chi connectivity index (χ0n) is 23.8. The summed E-state index contributed by atoms with van der Waals surface area (Å²) >= 11 is 12.9. The topological polar surface area (TPSA) is 55.9 Å². The number of halogens is 2. The van der Waals surface area contributed by atoms with Crippen molar-refractivity contribution >= 4 is 35.0 Å². The molecule has 0 bridgehead atoms. The average Bonchev–Trinajstić information content (AvgIpc) is 2.99. The van der Waals surface area contributed by atoms with Crippen LogP contribution in [0.5, 0.6) is 0 Å². The number of likely N-dealkylation sites (tertiary alicyclic amines) is 1. The molecule has 2 aliphatic heterocycles. The van der Waals surface area contributed by atoms with Gasteiger partial charge in [-0.2, -0.15) is 0 Å². The van der Waals surface area contributed by atoms with Gasteiger partial charge in [-0.1, -0.05) is 77.8 Å². The van der Waals surface area contributed by atoms with Crippen LogP contribution in [-0.2, 0) is 15.9 Å². The smallest absolute Gasteiger partial charge is 0.253 e. The molecule has 0 saturated carbocycles. The number of carbonyl (C=O) groups is 2. The van der Waals surface area contributed by atoms with E-state index in [0.717, 1.165) is 56.6 Å². The second-order valence-electron chi connectivity index (χ2n) is 11.4. The Morgan fingerprint density at radius 2 is 1.49 bits per heavy atom. The van der Waals surface area contributed by atoms with Crippen LogP contribution in [-0.4, -0.2) is 72.8 Å². The first-order valence-corrected chi connectivity index (χ1v) is 15.1. The highest BCUT2D eigenvalue weighted by Crippen LogP contribution is 2.39. The molecule has 6 nitrogen and oxygen atoms in total. The minimum absolute atomic E-state index is 0.00659. The number of hydrogen-bond donors (Lipinski definition) is 1. The Bertz CT molecular complexity index is 1360. The van der Waals surface area contributed by atoms with Gasteiger partial charge in [-0.25, -0.2) is 0 Å². The van der Waals surface area contributed by atoms with E-state index in [9.17, 15) is 9.59 Å². The number of amides is 2. The lowest BCUT2D eigenvalue weighted by molar-refractivity contribution is -0.121. The molecule has 2 saturated heterocycles. The fourth-order valence-electron chi connectivity index (χ4n) is 6.53. The van der Waals surface area contributed by atoms with E-state index in [-0.39, 0.29) is 17.4 Å². The molecule has 1 atom stereocenters. The molecule has 8 heteroatoms. The van der Waals surface area contributed by atoms with E-state index in [1.165, 1.54) is 0 Å². The van der Waals surface area contributed by atoms with Crippen molar-refractivity contribution in [1.29, 1.82) is 0 Å². The summed E-state index contributed by atoms with van der Waals surface area (Å²) in [7, 11) is 2.14. The maximum absolute atomic E-state index is 13.6. The van der Waals surface area contributed by atoms with Gasteiger partial charge in [0.05, 0.1) is 21.1 Å². The normalized spacial score (nSPS) is 21.4. The molecule has 2 fully saturated rings. The highest BCUT2D eigenvalue weighted by molar-refractivity contribution is 6.42. The number of piperazine rings is 1. The molecule has 3 aromatic carbocycles. The molecule has 5 rings (SSSR count). The van der Waals surface area contributed by atoms with Gasteiger partial charge < -0.3 is 15.1 Å². The number of nitrogens with zero attached hydrogens (tertiary/aromatic N) is 3. The fourth-order valence-corrected chi connectivity index (χ4v) is 6.83. The Balaban J connectivity index is 1.38. The zero-order chi connectivity index (χ0) is 29.0. The number of piperidine rings is 1. The summed E-state index contributed by atoms with van der Waals surface area (Å²) in [6.07, 6.45) is 2.49. The summed E-state index contributed by atoms with van der Waals surface area (Å²) in [4.78, 5) is 32.6. The van der Waals surface area contributed by atoms with Crippen molar-refractivity contribution in [3.63, 3.8) is 0 Å². The molecule has 1 N–H and O–H groups in total. The standard InChI is InChI=1S/C33H38Cl2N4O2/c1-25(40)36-32(27-11-7-4-8-12-27)15-18-38(19-16-32)20-17-33(28-13-14-29(34)30(35)23-28)24-39(22-21-37(33)2)31(41)26-9-5-3-6-10-26/h3-14,23H,15-22,24H2,1-2H3,(H,36,40). The van der Waals surface area contributed by atoms with Gasteiger partial charge in [0, 0.05) is 51.8 Å². The maximum Gasteiger partial charge on any atom is 0.253 e. The highest BCUT2D eigenvalue weighted by atomic mass is 35.5. The summed E-state index contributed by atoms with van der Waals surface area (Å²) in [6.45, 7) is 6.14. The van der Waals surface area contributed by atoms with Crippen molar-refractivity contribution < 1.29 is 9.59 Å². The number of carbonyl (C=O) groups excluding carboxylic acids is 2. The third-order valence-corrected chi connectivity index (χ3v) is 9.69. The van der Waals surface area contributed by atoms with Crippen LogP contribution in [0.4, 0.5) is 0 Å². The van der Waals surface area contributed by atoms with Gasteiger partial charge in [0.1, 0.15) is 0 Å². The summed E-state index contributed by atoms with van der Waals surface area (Å²) in [6, 6.07) is 25.7. The molecule has 0 aromatic heterocycles. The molecular weight excluding hydrogens is 555 g/mol. The lowest BCUT2D eigenvalue weighted by Gasteiger charge is -2.51. The minimum Gasteiger partial charge on any atom is -0.347 e. The Hall–Kier alpha value is -2.90. The molecule has 2 amide bonds. The van der Waals surface area contributed by atoms with Crippen LogP contribution >= 0.6 is 23.2 Å². The molecule has 2 aliphatic rings. The zero-order valence-corrected chi connectivity index (χ0v) is 25.3. The van der Waals surface area contributed by atoms with Crippen LogP contribution in [0.3, 0.4) is 0 Å². The molecular formula is C33H38Cl2N4O2. The van der Waals surface area contributed by atoms with Crippen LogP contribution in [0.1, 0.15) is 47.7 Å². The summed E-state index contributed by atoms with van der Waals surface area (Å²) in [5, 5.41) is 4.32. The molecule has 1 unspecified atom stereocenters. The molecule has 3 aromatic rings. The average molecular weight is 594 g/mol. The maximum atomic E-state index is 13.6. The Morgan fingerprint density at radius 3 is 2.12 bits per heavy atom. The summed E-state index contributed by atoms with van der Waals surface area (Å²) < 4.78 is 0. The van der Waals surface area contributed by atoms with E-state index in [1.54, 1.807) is 6.92 Å². The van der Waals surface area contributed by atoms with Crippen LogP contribution in [0.15, 0.2) is 78.9 Å². The van der Waals surface area contributed by atoms with Gasteiger partial charge in [0.25, 0.3) is 5.91 Å². The van der Waals surface area contributed by atoms with E-state index in [1.807, 2.05) is 65.6 Å². The lowest BCUT2D eigenvalue weighted by atomic mass is 9.79. The predicted octanol–water partition coefficient (Wildman–Crippen LogP) is 5.79. The highest BCUT2D eigenvalue weighted by Gasteiger charge is 2.44. The number of likely N-dealkylation sites (N-methyl/N-ethyl adjacent to an activating group) is 1. The van der Waals surface area contributed by atoms with E-state index in [0.29, 0.717) is 28.7 Å². The summed E-state index contributed by atoms with van der Waals surface area (Å²) in [5.41, 5.74) is 2.14. The van der Waals surface area contributed by atoms with E-state index in [2.05, 4.69) is 40.4 Å². The van der Waals surface area contributed by atoms with E-state index in [4.69, 9.17) is 23.2 Å². The van der Waals surface area contributed by atoms with Crippen molar-refractivity contribution in [2.75, 3.05) is 46.3 Å². The van der Waals surface area contributed by atoms with Crippen LogP contribution < -0.4 is 5.32 Å². The molecule has 216 valence electrons. The van der Waals surface area contributed by atoms with Gasteiger partial charge in [0.2, 0.25) is 5.91 Å². The van der Waals surface area contributed by atoms with Crippen LogP contribution in [0.2, 0.25) is 10.0 Å². The van der Waals surface area contributed by atoms with Gasteiger partial charge in [-0.15, -0.1) is 0 Å². The van der Waals surface area contributed by atoms with Crippen LogP contribution in [0.25, 0.3) is 0 Å². The first-order chi connectivity index (χ1) is 19.7. The van der Waals surface area contributed by atoms with Gasteiger partial charge >= 0.3 is 0 Å². The number of nitrogens with one attached hydrogen (secondary N) is 1. The minimum atomic E-state index is -0.428. The lowest BCUT2D eigenvalue weighted by Crippen LogP contribution is -2.61. The molecule has 0 aliphatic carbocycles. The number of benzene rings is 3. The van der Waals surface area contributed by atoms with Crippen molar-refractivity contribution in [3.05, 3.63) is 106 Å². The van der Waals surface area contributed by atoms with Gasteiger partial charge in [-0.05, 0) is 61.7 Å². The first kappa shape index (κ1) is 29.6. The van der Waals surface area contributed by atoms with Gasteiger partial charge in [0.15, 0.2) is 0 Å². The van der Waals surface area contributed by atoms with E-state index < -0.39 is 5.54 Å². The number of rotatable bonds is 7. The Kier molecular flexibility index (Phi) is 9.05. The van der Waals surface area contributed by atoms with E-state index >= 15 is 0 Å². The van der Waals surface area contributed by atoms with Crippen molar-refractivity contribution in [1.82, 2.24) is 20.0 Å². The predicted molar refractivity (Wildman–Crippen MR) is 165 cm³/mol. The van der Waals surface area contributed by atoms with Crippen molar-refractivity contribution in [2.24, 2.45) is 0 Å². The fraction of sp³-hybridized carbons (Fsp3) is 0.394. The molecule has 0 radical (unpaired) electrons. The third-order valence-electron chi connectivity index (χ3n) is 8.95. The molecule has 41 heavy (non-hydrogen) atoms. The molecule has 2 heterocycles. The van der Waals surface area contributed by atoms with Gasteiger partial charge in [-0.3, -0.25) is 14.5 Å². The monoisotopic (exact) mass is 592 g/mol. The quantitative estimate of drug-likeness (QED) is 0.377. The number of hydrogen-bond acceptors (Lipinski definition) is 4. The Labute approximate surface area is 253 Å². The molecule has 0 spiro atoms. The second-order valence-corrected chi connectivity index (χ2v) is 12.2.